The minimum atomic E-state index is -3.27. The Kier molecular flexibility index (Phi) is 5.97. The summed E-state index contributed by atoms with van der Waals surface area (Å²) >= 11 is 0. The second kappa shape index (κ2) is 7.03. The van der Waals surface area contributed by atoms with E-state index in [1.165, 1.54) is 4.31 Å². The van der Waals surface area contributed by atoms with Gasteiger partial charge in [-0.1, -0.05) is 37.6 Å². The minimum absolute atomic E-state index is 0.0331. The maximum Gasteiger partial charge on any atom is 0.218 e. The van der Waals surface area contributed by atoms with Crippen LogP contribution in [0, 0.1) is 0 Å². The molecule has 0 aliphatic heterocycles. The van der Waals surface area contributed by atoms with Crippen molar-refractivity contribution in [1.29, 1.82) is 0 Å². The largest absolute Gasteiger partial charge is 0.326 e. The Hall–Kier alpha value is -0.910. The first-order valence-electron chi connectivity index (χ1n) is 6.64. The summed E-state index contributed by atoms with van der Waals surface area (Å²) in [4.78, 5) is 0. The Labute approximate surface area is 116 Å². The first kappa shape index (κ1) is 16.1. The summed E-state index contributed by atoms with van der Waals surface area (Å²) in [5.74, 6) is 0.0331. The molecule has 0 amide bonds. The molecule has 0 radical (unpaired) electrons. The van der Waals surface area contributed by atoms with E-state index < -0.39 is 10.0 Å². The molecule has 0 spiro atoms. The number of hydrogen-bond acceptors (Lipinski definition) is 3. The first-order valence-corrected chi connectivity index (χ1v) is 8.25. The predicted molar refractivity (Wildman–Crippen MR) is 79.1 cm³/mol. The lowest BCUT2D eigenvalue weighted by Gasteiger charge is -2.24. The smallest absolute Gasteiger partial charge is 0.218 e. The van der Waals surface area contributed by atoms with Gasteiger partial charge in [0.1, 0.15) is 0 Å². The molecule has 0 aromatic heterocycles. The summed E-state index contributed by atoms with van der Waals surface area (Å²) < 4.78 is 26.1. The monoisotopic (exact) mass is 284 g/mol. The zero-order chi connectivity index (χ0) is 14.5. The predicted octanol–water partition coefficient (Wildman–Crippen LogP) is 2.10. The van der Waals surface area contributed by atoms with Crippen molar-refractivity contribution in [3.8, 4) is 0 Å². The highest BCUT2D eigenvalue weighted by Gasteiger charge is 2.22. The molecule has 0 bridgehead atoms. The van der Waals surface area contributed by atoms with Gasteiger partial charge in [-0.25, -0.2) is 12.7 Å². The van der Waals surface area contributed by atoms with Crippen molar-refractivity contribution < 1.29 is 8.42 Å². The molecule has 0 aliphatic rings. The third kappa shape index (κ3) is 4.60. The van der Waals surface area contributed by atoms with Crippen LogP contribution in [0.2, 0.25) is 0 Å². The maximum atomic E-state index is 12.3. The van der Waals surface area contributed by atoms with Gasteiger partial charge in [0.05, 0.1) is 5.75 Å². The molecule has 1 rings (SSSR count). The van der Waals surface area contributed by atoms with Crippen molar-refractivity contribution in [2.24, 2.45) is 5.73 Å². The molecule has 0 fully saturated rings. The number of nitrogens with zero attached hydrogens (tertiary/aromatic N) is 1. The lowest BCUT2D eigenvalue weighted by atomic mass is 10.1. The summed E-state index contributed by atoms with van der Waals surface area (Å²) in [6, 6.07) is 7.47. The molecule has 108 valence electrons. The number of benzene rings is 1. The van der Waals surface area contributed by atoms with Crippen LogP contribution in [0.15, 0.2) is 24.3 Å². The topological polar surface area (TPSA) is 63.4 Å². The fourth-order valence-corrected chi connectivity index (χ4v) is 3.49. The van der Waals surface area contributed by atoms with Crippen molar-refractivity contribution >= 4 is 10.0 Å². The van der Waals surface area contributed by atoms with E-state index in [1.54, 1.807) is 7.05 Å². The van der Waals surface area contributed by atoms with Crippen LogP contribution in [0.25, 0.3) is 0 Å². The van der Waals surface area contributed by atoms with Gasteiger partial charge in [0.15, 0.2) is 0 Å². The van der Waals surface area contributed by atoms with Gasteiger partial charge in [-0.15, -0.1) is 0 Å². The fraction of sp³-hybridized carbons (Fsp3) is 0.571. The molecule has 19 heavy (non-hydrogen) atoms. The normalized spacial score (nSPS) is 13.7. The molecule has 0 heterocycles. The van der Waals surface area contributed by atoms with Crippen molar-refractivity contribution in [2.45, 2.75) is 45.0 Å². The Morgan fingerprint density at radius 1 is 1.32 bits per heavy atom. The van der Waals surface area contributed by atoms with Gasteiger partial charge in [0, 0.05) is 19.6 Å². The molecular formula is C14H24N2O2S. The van der Waals surface area contributed by atoms with Crippen LogP contribution in [-0.4, -0.2) is 25.8 Å². The standard InChI is InChI=1S/C14H24N2O2S/c1-4-6-12(2)16(3)19(17,18)11-14-8-5-7-13(9-14)10-15/h5,7-9,12H,4,6,10-11,15H2,1-3H3. The molecule has 1 aromatic carbocycles. The second-order valence-electron chi connectivity index (χ2n) is 4.93. The summed E-state index contributed by atoms with van der Waals surface area (Å²) in [6.07, 6.45) is 1.85. The van der Waals surface area contributed by atoms with E-state index in [2.05, 4.69) is 6.92 Å². The van der Waals surface area contributed by atoms with Crippen LogP contribution < -0.4 is 5.73 Å². The molecule has 2 N–H and O–H groups in total. The average Bonchev–Trinajstić information content (AvgIpc) is 2.37. The van der Waals surface area contributed by atoms with Crippen LogP contribution in [-0.2, 0) is 22.3 Å². The van der Waals surface area contributed by atoms with E-state index in [4.69, 9.17) is 5.73 Å². The van der Waals surface area contributed by atoms with Crippen molar-refractivity contribution in [1.82, 2.24) is 4.31 Å². The molecule has 4 nitrogen and oxygen atoms in total. The Balaban J connectivity index is 2.83. The van der Waals surface area contributed by atoms with Crippen LogP contribution in [0.1, 0.15) is 37.8 Å². The Morgan fingerprint density at radius 2 is 1.95 bits per heavy atom. The van der Waals surface area contributed by atoms with Crippen molar-refractivity contribution in [2.75, 3.05) is 7.05 Å². The highest BCUT2D eigenvalue weighted by atomic mass is 32.2. The third-order valence-corrected chi connectivity index (χ3v) is 5.28. The van der Waals surface area contributed by atoms with Crippen molar-refractivity contribution in [3.05, 3.63) is 35.4 Å². The van der Waals surface area contributed by atoms with E-state index in [1.807, 2.05) is 31.2 Å². The van der Waals surface area contributed by atoms with Gasteiger partial charge >= 0.3 is 0 Å². The highest BCUT2D eigenvalue weighted by molar-refractivity contribution is 7.88. The lowest BCUT2D eigenvalue weighted by molar-refractivity contribution is 0.368. The third-order valence-electron chi connectivity index (χ3n) is 3.34. The Morgan fingerprint density at radius 3 is 2.53 bits per heavy atom. The number of sulfonamides is 1. The molecule has 1 unspecified atom stereocenters. The number of hydrogen-bond donors (Lipinski definition) is 1. The van der Waals surface area contributed by atoms with Crippen LogP contribution >= 0.6 is 0 Å². The average molecular weight is 284 g/mol. The highest BCUT2D eigenvalue weighted by Crippen LogP contribution is 2.15. The summed E-state index contributed by atoms with van der Waals surface area (Å²) in [6.45, 7) is 4.43. The molecule has 1 aromatic rings. The molecule has 1 atom stereocenters. The minimum Gasteiger partial charge on any atom is -0.326 e. The van der Waals surface area contributed by atoms with Gasteiger partial charge in [-0.05, 0) is 24.5 Å². The van der Waals surface area contributed by atoms with Crippen LogP contribution in [0.4, 0.5) is 0 Å². The Bertz CT molecular complexity index is 500. The molecule has 5 heteroatoms. The SMILES string of the molecule is CCCC(C)N(C)S(=O)(=O)Cc1cccc(CN)c1. The zero-order valence-electron chi connectivity index (χ0n) is 12.0. The molecular weight excluding hydrogens is 260 g/mol. The summed E-state index contributed by atoms with van der Waals surface area (Å²) in [5, 5.41) is 0. The molecule has 0 aliphatic carbocycles. The number of rotatable bonds is 7. The van der Waals surface area contributed by atoms with E-state index in [0.29, 0.717) is 6.54 Å². The van der Waals surface area contributed by atoms with E-state index in [-0.39, 0.29) is 11.8 Å². The second-order valence-corrected chi connectivity index (χ2v) is 6.96. The quantitative estimate of drug-likeness (QED) is 0.834. The van der Waals surface area contributed by atoms with Gasteiger partial charge < -0.3 is 5.73 Å². The molecule has 0 saturated carbocycles. The summed E-state index contributed by atoms with van der Waals surface area (Å²) in [5.41, 5.74) is 7.32. The van der Waals surface area contributed by atoms with E-state index >= 15 is 0 Å². The van der Waals surface area contributed by atoms with E-state index in [0.717, 1.165) is 24.0 Å². The maximum absolute atomic E-state index is 12.3. The van der Waals surface area contributed by atoms with Crippen LogP contribution in [0.5, 0.6) is 0 Å². The molecule has 0 saturated heterocycles. The van der Waals surface area contributed by atoms with Crippen molar-refractivity contribution in [3.63, 3.8) is 0 Å². The first-order chi connectivity index (χ1) is 8.90. The van der Waals surface area contributed by atoms with Gasteiger partial charge in [-0.2, -0.15) is 0 Å². The van der Waals surface area contributed by atoms with Gasteiger partial charge in [-0.3, -0.25) is 0 Å². The zero-order valence-corrected chi connectivity index (χ0v) is 12.8. The lowest BCUT2D eigenvalue weighted by Crippen LogP contribution is -2.35. The van der Waals surface area contributed by atoms with Gasteiger partial charge in [0.25, 0.3) is 0 Å². The van der Waals surface area contributed by atoms with E-state index in [9.17, 15) is 8.42 Å². The summed E-state index contributed by atoms with van der Waals surface area (Å²) in [7, 11) is -1.61. The fourth-order valence-electron chi connectivity index (χ4n) is 2.03. The number of nitrogens with two attached hydrogens (primary N) is 1. The van der Waals surface area contributed by atoms with Gasteiger partial charge in [0.2, 0.25) is 10.0 Å². The van der Waals surface area contributed by atoms with Crippen LogP contribution in [0.3, 0.4) is 0 Å².